The van der Waals surface area contributed by atoms with Crippen LogP contribution < -0.4 is 11.3 Å². The highest BCUT2D eigenvalue weighted by Crippen LogP contribution is 2.15. The number of aliphatic imine (C=N–C) groups is 1. The maximum Gasteiger partial charge on any atom is 0.208 e. The maximum absolute atomic E-state index is 5.47. The number of hydrogen-bond acceptors (Lipinski definition) is 2. The Kier molecular flexibility index (Phi) is 4.73. The Balaban J connectivity index is 2.47. The molecule has 1 rings (SSSR count). The van der Waals surface area contributed by atoms with E-state index in [1.54, 1.807) is 0 Å². The molecule has 0 aromatic heterocycles. The van der Waals surface area contributed by atoms with E-state index in [0.717, 1.165) is 25.5 Å². The van der Waals surface area contributed by atoms with Crippen LogP contribution in [0.5, 0.6) is 0 Å². The molecule has 1 saturated heterocycles. The molecule has 1 atom stereocenters. The minimum Gasteiger partial charge on any atom is -0.339 e. The molecule has 0 aromatic rings. The van der Waals surface area contributed by atoms with Crippen LogP contribution in [0, 0.1) is 0 Å². The first-order valence-corrected chi connectivity index (χ1v) is 5.57. The number of nitrogens with zero attached hydrogens (tertiary/aromatic N) is 2. The standard InChI is InChI=1S/C10H22N4/c1-3-4-7-12-10(13-11)14-8-5-6-9(14)2/h9H,3-8,11H2,1-2H3,(H,12,13). The Bertz CT molecular complexity index is 191. The van der Waals surface area contributed by atoms with E-state index in [1.807, 2.05) is 0 Å². The Hall–Kier alpha value is -0.770. The number of likely N-dealkylation sites (tertiary alicyclic amines) is 1. The van der Waals surface area contributed by atoms with Crippen molar-refractivity contribution in [3.63, 3.8) is 0 Å². The summed E-state index contributed by atoms with van der Waals surface area (Å²) in [6.07, 6.45) is 4.80. The number of nitrogens with one attached hydrogen (secondary N) is 1. The summed E-state index contributed by atoms with van der Waals surface area (Å²) < 4.78 is 0. The maximum atomic E-state index is 5.47. The molecule has 1 heterocycles. The molecule has 0 bridgehead atoms. The van der Waals surface area contributed by atoms with Crippen molar-refractivity contribution in [1.82, 2.24) is 10.3 Å². The Morgan fingerprint density at radius 1 is 1.64 bits per heavy atom. The van der Waals surface area contributed by atoms with Crippen molar-refractivity contribution < 1.29 is 0 Å². The number of unbranched alkanes of at least 4 members (excludes halogenated alkanes) is 1. The third-order valence-electron chi connectivity index (χ3n) is 2.73. The average Bonchev–Trinajstić information content (AvgIpc) is 2.60. The normalized spacial score (nSPS) is 22.9. The quantitative estimate of drug-likeness (QED) is 0.235. The summed E-state index contributed by atoms with van der Waals surface area (Å²) >= 11 is 0. The predicted octanol–water partition coefficient (Wildman–Crippen LogP) is 1.09. The second kappa shape index (κ2) is 5.86. The van der Waals surface area contributed by atoms with Gasteiger partial charge in [0.15, 0.2) is 0 Å². The minimum absolute atomic E-state index is 0.575. The van der Waals surface area contributed by atoms with Crippen LogP contribution in [0.4, 0.5) is 0 Å². The molecule has 0 saturated carbocycles. The number of hydrogen-bond donors (Lipinski definition) is 2. The van der Waals surface area contributed by atoms with Gasteiger partial charge >= 0.3 is 0 Å². The second-order valence-corrected chi connectivity index (χ2v) is 3.89. The summed E-state index contributed by atoms with van der Waals surface area (Å²) in [7, 11) is 0. The van der Waals surface area contributed by atoms with Crippen molar-refractivity contribution in [2.24, 2.45) is 10.8 Å². The van der Waals surface area contributed by atoms with Gasteiger partial charge in [0, 0.05) is 19.1 Å². The summed E-state index contributed by atoms with van der Waals surface area (Å²) in [5.41, 5.74) is 2.71. The zero-order chi connectivity index (χ0) is 10.4. The van der Waals surface area contributed by atoms with Crippen LogP contribution in [0.2, 0.25) is 0 Å². The zero-order valence-electron chi connectivity index (χ0n) is 9.29. The molecule has 82 valence electrons. The summed E-state index contributed by atoms with van der Waals surface area (Å²) in [6, 6.07) is 0.575. The molecule has 0 aromatic carbocycles. The van der Waals surface area contributed by atoms with Crippen molar-refractivity contribution in [3.8, 4) is 0 Å². The van der Waals surface area contributed by atoms with E-state index in [0.29, 0.717) is 6.04 Å². The third kappa shape index (κ3) is 2.87. The number of hydrazine groups is 1. The minimum atomic E-state index is 0.575. The SMILES string of the molecule is CCCCN=C(NN)N1CCCC1C. The second-order valence-electron chi connectivity index (χ2n) is 3.89. The predicted molar refractivity (Wildman–Crippen MR) is 59.9 cm³/mol. The molecule has 1 unspecified atom stereocenters. The molecular formula is C10H22N4. The van der Waals surface area contributed by atoms with E-state index in [4.69, 9.17) is 5.84 Å². The summed E-state index contributed by atoms with van der Waals surface area (Å²) in [5.74, 6) is 6.34. The highest BCUT2D eigenvalue weighted by atomic mass is 15.4. The highest BCUT2D eigenvalue weighted by molar-refractivity contribution is 5.79. The van der Waals surface area contributed by atoms with Gasteiger partial charge in [-0.1, -0.05) is 13.3 Å². The van der Waals surface area contributed by atoms with Crippen molar-refractivity contribution in [2.45, 2.75) is 45.6 Å². The largest absolute Gasteiger partial charge is 0.339 e. The molecular weight excluding hydrogens is 176 g/mol. The van der Waals surface area contributed by atoms with Crippen LogP contribution in [-0.2, 0) is 0 Å². The van der Waals surface area contributed by atoms with Gasteiger partial charge in [-0.05, 0) is 26.2 Å². The molecule has 1 aliphatic rings. The number of rotatable bonds is 3. The van der Waals surface area contributed by atoms with Gasteiger partial charge in [-0.15, -0.1) is 0 Å². The lowest BCUT2D eigenvalue weighted by molar-refractivity contribution is 0.398. The van der Waals surface area contributed by atoms with Gasteiger partial charge in [0.2, 0.25) is 5.96 Å². The van der Waals surface area contributed by atoms with Crippen LogP contribution in [0.25, 0.3) is 0 Å². The highest BCUT2D eigenvalue weighted by Gasteiger charge is 2.22. The molecule has 14 heavy (non-hydrogen) atoms. The van der Waals surface area contributed by atoms with E-state index >= 15 is 0 Å². The lowest BCUT2D eigenvalue weighted by Gasteiger charge is -2.24. The van der Waals surface area contributed by atoms with Gasteiger partial charge in [-0.25, -0.2) is 5.84 Å². The van der Waals surface area contributed by atoms with Crippen LogP contribution in [0.15, 0.2) is 4.99 Å². The van der Waals surface area contributed by atoms with Gasteiger partial charge < -0.3 is 4.90 Å². The van der Waals surface area contributed by atoms with Crippen molar-refractivity contribution in [3.05, 3.63) is 0 Å². The van der Waals surface area contributed by atoms with E-state index in [-0.39, 0.29) is 0 Å². The lowest BCUT2D eigenvalue weighted by atomic mass is 10.2. The molecule has 4 heteroatoms. The fraction of sp³-hybridized carbons (Fsp3) is 0.900. The topological polar surface area (TPSA) is 53.6 Å². The number of nitrogens with two attached hydrogens (primary N) is 1. The Labute approximate surface area is 86.5 Å². The van der Waals surface area contributed by atoms with Gasteiger partial charge in [-0.3, -0.25) is 10.4 Å². The van der Waals surface area contributed by atoms with E-state index in [1.165, 1.54) is 19.3 Å². The fourth-order valence-corrected chi connectivity index (χ4v) is 1.81. The summed E-state index contributed by atoms with van der Waals surface area (Å²) in [6.45, 7) is 6.35. The van der Waals surface area contributed by atoms with E-state index < -0.39 is 0 Å². The molecule has 0 spiro atoms. The molecule has 0 aliphatic carbocycles. The first-order chi connectivity index (χ1) is 6.79. The van der Waals surface area contributed by atoms with Gasteiger partial charge in [0.05, 0.1) is 0 Å². The average molecular weight is 198 g/mol. The molecule has 3 N–H and O–H groups in total. The third-order valence-corrected chi connectivity index (χ3v) is 2.73. The number of guanidine groups is 1. The van der Waals surface area contributed by atoms with E-state index in [2.05, 4.69) is 29.2 Å². The van der Waals surface area contributed by atoms with Crippen LogP contribution in [0.3, 0.4) is 0 Å². The van der Waals surface area contributed by atoms with Crippen LogP contribution in [0.1, 0.15) is 39.5 Å². The first kappa shape index (κ1) is 11.3. The molecule has 0 radical (unpaired) electrons. The molecule has 4 nitrogen and oxygen atoms in total. The monoisotopic (exact) mass is 198 g/mol. The van der Waals surface area contributed by atoms with Gasteiger partial charge in [0.1, 0.15) is 0 Å². The van der Waals surface area contributed by atoms with Crippen molar-refractivity contribution >= 4 is 5.96 Å². The zero-order valence-corrected chi connectivity index (χ0v) is 9.29. The van der Waals surface area contributed by atoms with Crippen LogP contribution >= 0.6 is 0 Å². The Morgan fingerprint density at radius 2 is 2.43 bits per heavy atom. The molecule has 1 aliphatic heterocycles. The summed E-state index contributed by atoms with van der Waals surface area (Å²) in [4.78, 5) is 6.73. The lowest BCUT2D eigenvalue weighted by Crippen LogP contribution is -2.46. The van der Waals surface area contributed by atoms with Crippen molar-refractivity contribution in [2.75, 3.05) is 13.1 Å². The Morgan fingerprint density at radius 3 is 2.93 bits per heavy atom. The molecule has 0 amide bonds. The molecule has 1 fully saturated rings. The van der Waals surface area contributed by atoms with Crippen LogP contribution in [-0.4, -0.2) is 30.0 Å². The van der Waals surface area contributed by atoms with E-state index in [9.17, 15) is 0 Å². The fourth-order valence-electron chi connectivity index (χ4n) is 1.81. The van der Waals surface area contributed by atoms with Gasteiger partial charge in [-0.2, -0.15) is 0 Å². The van der Waals surface area contributed by atoms with Crippen molar-refractivity contribution in [1.29, 1.82) is 0 Å². The van der Waals surface area contributed by atoms with Gasteiger partial charge in [0.25, 0.3) is 0 Å². The smallest absolute Gasteiger partial charge is 0.208 e. The summed E-state index contributed by atoms with van der Waals surface area (Å²) in [5, 5.41) is 0. The first-order valence-electron chi connectivity index (χ1n) is 5.57.